The molecule has 0 radical (unpaired) electrons. The topological polar surface area (TPSA) is 64.6 Å². The molecule has 0 atom stereocenters. The number of nitrogens with one attached hydrogen (secondary N) is 1. The number of halogens is 1. The van der Waals surface area contributed by atoms with Gasteiger partial charge < -0.3 is 14.8 Å². The van der Waals surface area contributed by atoms with Crippen molar-refractivity contribution in [2.75, 3.05) is 19.0 Å². The minimum Gasteiger partial charge on any atom is -0.496 e. The van der Waals surface area contributed by atoms with Crippen LogP contribution in [0.25, 0.3) is 0 Å². The number of anilines is 1. The van der Waals surface area contributed by atoms with Crippen LogP contribution in [0.5, 0.6) is 5.75 Å². The summed E-state index contributed by atoms with van der Waals surface area (Å²) in [4.78, 5) is 24.3. The Morgan fingerprint density at radius 1 is 1.08 bits per heavy atom. The zero-order chi connectivity index (χ0) is 18.6. The van der Waals surface area contributed by atoms with Gasteiger partial charge in [-0.3, -0.25) is 4.79 Å². The molecule has 0 aromatic heterocycles. The maximum Gasteiger partial charge on any atom is 0.342 e. The van der Waals surface area contributed by atoms with Crippen LogP contribution in [-0.2, 0) is 9.53 Å². The fourth-order valence-corrected chi connectivity index (χ4v) is 2.81. The van der Waals surface area contributed by atoms with E-state index in [-0.39, 0.29) is 5.56 Å². The Morgan fingerprint density at radius 2 is 1.80 bits per heavy atom. The highest BCUT2D eigenvalue weighted by Gasteiger charge is 2.16. The highest BCUT2D eigenvalue weighted by atomic mass is 35.5. The monoisotopic (exact) mass is 361 g/mol. The molecule has 0 unspecified atom stereocenters. The summed E-state index contributed by atoms with van der Waals surface area (Å²) in [6.45, 7) is 5.20. The molecule has 2 aromatic rings. The summed E-state index contributed by atoms with van der Waals surface area (Å²) in [6, 6.07) is 8.82. The zero-order valence-corrected chi connectivity index (χ0v) is 15.4. The number of carbonyl (C=O) groups is 2. The molecule has 2 aromatic carbocycles. The summed E-state index contributed by atoms with van der Waals surface area (Å²) in [5.74, 6) is -0.690. The molecule has 1 amide bonds. The fourth-order valence-electron chi connectivity index (χ4n) is 2.44. The van der Waals surface area contributed by atoms with Crippen LogP contribution in [0.3, 0.4) is 0 Å². The van der Waals surface area contributed by atoms with Gasteiger partial charge >= 0.3 is 5.97 Å². The average molecular weight is 362 g/mol. The number of aryl methyl sites for hydroxylation is 3. The smallest absolute Gasteiger partial charge is 0.342 e. The molecule has 0 bridgehead atoms. The molecular formula is C19H20ClNO4. The lowest BCUT2D eigenvalue weighted by molar-refractivity contribution is -0.119. The van der Waals surface area contributed by atoms with E-state index >= 15 is 0 Å². The van der Waals surface area contributed by atoms with E-state index in [1.807, 2.05) is 32.9 Å². The van der Waals surface area contributed by atoms with Crippen LogP contribution in [0.15, 0.2) is 30.3 Å². The Balaban J connectivity index is 2.03. The van der Waals surface area contributed by atoms with Crippen molar-refractivity contribution in [1.29, 1.82) is 0 Å². The van der Waals surface area contributed by atoms with Crippen LogP contribution in [0.4, 0.5) is 5.69 Å². The van der Waals surface area contributed by atoms with Gasteiger partial charge in [0.05, 0.1) is 17.8 Å². The van der Waals surface area contributed by atoms with Gasteiger partial charge in [0, 0.05) is 0 Å². The molecule has 0 fully saturated rings. The van der Waals surface area contributed by atoms with E-state index in [9.17, 15) is 9.59 Å². The molecule has 2 rings (SSSR count). The van der Waals surface area contributed by atoms with E-state index in [1.165, 1.54) is 7.11 Å². The molecule has 0 aliphatic heterocycles. The van der Waals surface area contributed by atoms with Crippen molar-refractivity contribution in [3.8, 4) is 5.75 Å². The first-order valence-electron chi connectivity index (χ1n) is 7.70. The van der Waals surface area contributed by atoms with E-state index in [2.05, 4.69) is 5.32 Å². The van der Waals surface area contributed by atoms with Gasteiger partial charge in [0.1, 0.15) is 11.3 Å². The summed E-state index contributed by atoms with van der Waals surface area (Å²) < 4.78 is 10.2. The number of esters is 1. The van der Waals surface area contributed by atoms with Crippen molar-refractivity contribution < 1.29 is 19.1 Å². The van der Waals surface area contributed by atoms with Gasteiger partial charge in [-0.1, -0.05) is 29.3 Å². The van der Waals surface area contributed by atoms with Crippen LogP contribution in [0.2, 0.25) is 5.02 Å². The molecule has 0 aliphatic rings. The maximum atomic E-state index is 12.2. The van der Waals surface area contributed by atoms with Crippen LogP contribution < -0.4 is 10.1 Å². The van der Waals surface area contributed by atoms with Gasteiger partial charge in [-0.05, 0) is 50.1 Å². The lowest BCUT2D eigenvalue weighted by Gasteiger charge is -2.12. The van der Waals surface area contributed by atoms with Crippen molar-refractivity contribution in [3.05, 3.63) is 57.6 Å². The largest absolute Gasteiger partial charge is 0.496 e. The Kier molecular flexibility index (Phi) is 6.04. The van der Waals surface area contributed by atoms with Gasteiger partial charge in [-0.25, -0.2) is 4.79 Å². The standard InChI is InChI=1S/C19H20ClNO4/c1-11-5-6-16(24-4)14(8-11)19(23)25-10-17(22)21-18-13(3)7-12(2)9-15(18)20/h5-9H,10H2,1-4H3,(H,21,22). The number of ether oxygens (including phenoxy) is 2. The van der Waals surface area contributed by atoms with Crippen LogP contribution in [0, 0.1) is 20.8 Å². The number of rotatable bonds is 5. The summed E-state index contributed by atoms with van der Waals surface area (Å²) in [7, 11) is 1.47. The number of amides is 1. The second-order valence-electron chi connectivity index (χ2n) is 5.77. The van der Waals surface area contributed by atoms with Gasteiger partial charge in [-0.2, -0.15) is 0 Å². The lowest BCUT2D eigenvalue weighted by atomic mass is 10.1. The first-order valence-corrected chi connectivity index (χ1v) is 8.08. The fraction of sp³-hybridized carbons (Fsp3) is 0.263. The Bertz CT molecular complexity index is 794. The predicted molar refractivity (Wildman–Crippen MR) is 97.6 cm³/mol. The highest BCUT2D eigenvalue weighted by molar-refractivity contribution is 6.34. The average Bonchev–Trinajstić information content (AvgIpc) is 2.55. The van der Waals surface area contributed by atoms with Crippen LogP contribution in [0.1, 0.15) is 27.0 Å². The van der Waals surface area contributed by atoms with Crippen LogP contribution in [-0.4, -0.2) is 25.6 Å². The van der Waals surface area contributed by atoms with Crippen molar-refractivity contribution in [3.63, 3.8) is 0 Å². The molecule has 5 nitrogen and oxygen atoms in total. The molecule has 6 heteroatoms. The van der Waals surface area contributed by atoms with E-state index in [0.29, 0.717) is 16.5 Å². The highest BCUT2D eigenvalue weighted by Crippen LogP contribution is 2.27. The lowest BCUT2D eigenvalue weighted by Crippen LogP contribution is -2.22. The third kappa shape index (κ3) is 4.73. The van der Waals surface area contributed by atoms with E-state index in [4.69, 9.17) is 21.1 Å². The third-order valence-electron chi connectivity index (χ3n) is 3.61. The number of carbonyl (C=O) groups excluding carboxylic acids is 2. The zero-order valence-electron chi connectivity index (χ0n) is 14.6. The van der Waals surface area contributed by atoms with Crippen molar-refractivity contribution in [2.45, 2.75) is 20.8 Å². The summed E-state index contributed by atoms with van der Waals surface area (Å²) in [5.41, 5.74) is 3.52. The first-order chi connectivity index (χ1) is 11.8. The van der Waals surface area contributed by atoms with Crippen molar-refractivity contribution >= 4 is 29.2 Å². The molecule has 25 heavy (non-hydrogen) atoms. The van der Waals surface area contributed by atoms with Crippen molar-refractivity contribution in [2.24, 2.45) is 0 Å². The maximum absolute atomic E-state index is 12.2. The van der Waals surface area contributed by atoms with Crippen molar-refractivity contribution in [1.82, 2.24) is 0 Å². The molecular weight excluding hydrogens is 342 g/mol. The molecule has 0 heterocycles. The summed E-state index contributed by atoms with van der Waals surface area (Å²) in [5, 5.41) is 3.12. The van der Waals surface area contributed by atoms with Gasteiger partial charge in [0.15, 0.2) is 6.61 Å². The number of benzene rings is 2. The third-order valence-corrected chi connectivity index (χ3v) is 3.90. The quantitative estimate of drug-likeness (QED) is 0.815. The van der Waals surface area contributed by atoms with E-state index in [1.54, 1.807) is 18.2 Å². The molecule has 1 N–H and O–H groups in total. The molecule has 0 aliphatic carbocycles. The SMILES string of the molecule is COc1ccc(C)cc1C(=O)OCC(=O)Nc1c(C)cc(C)cc1Cl. The van der Waals surface area contributed by atoms with Gasteiger partial charge in [0.2, 0.25) is 0 Å². The molecule has 0 saturated carbocycles. The summed E-state index contributed by atoms with van der Waals surface area (Å²) >= 11 is 6.16. The Hall–Kier alpha value is -2.53. The normalized spacial score (nSPS) is 10.3. The van der Waals surface area contributed by atoms with E-state index < -0.39 is 18.5 Å². The van der Waals surface area contributed by atoms with Gasteiger partial charge in [-0.15, -0.1) is 0 Å². The minimum atomic E-state index is -0.623. The first kappa shape index (κ1) is 18.8. The Morgan fingerprint density at radius 3 is 2.44 bits per heavy atom. The number of hydrogen-bond acceptors (Lipinski definition) is 4. The summed E-state index contributed by atoms with van der Waals surface area (Å²) in [6.07, 6.45) is 0. The minimum absolute atomic E-state index is 0.278. The molecule has 0 spiro atoms. The van der Waals surface area contributed by atoms with Gasteiger partial charge in [0.25, 0.3) is 5.91 Å². The molecule has 132 valence electrons. The second kappa shape index (κ2) is 8.03. The second-order valence-corrected chi connectivity index (χ2v) is 6.17. The molecule has 0 saturated heterocycles. The number of methoxy groups -OCH3 is 1. The van der Waals surface area contributed by atoms with Crippen LogP contribution >= 0.6 is 11.6 Å². The Labute approximate surface area is 151 Å². The van der Waals surface area contributed by atoms with E-state index in [0.717, 1.165) is 16.7 Å². The predicted octanol–water partition coefficient (Wildman–Crippen LogP) is 4.07. The number of hydrogen-bond donors (Lipinski definition) is 1.